The van der Waals surface area contributed by atoms with Gasteiger partial charge >= 0.3 is 5.97 Å². The average molecular weight is 253 g/mol. The van der Waals surface area contributed by atoms with E-state index in [2.05, 4.69) is 11.9 Å². The van der Waals surface area contributed by atoms with Crippen molar-refractivity contribution < 1.29 is 9.90 Å². The van der Waals surface area contributed by atoms with E-state index in [0.29, 0.717) is 6.42 Å². The van der Waals surface area contributed by atoms with Crippen LogP contribution in [0.15, 0.2) is 0 Å². The van der Waals surface area contributed by atoms with Crippen LogP contribution in [0.4, 0.5) is 0 Å². The van der Waals surface area contributed by atoms with Gasteiger partial charge < -0.3 is 5.11 Å². The summed E-state index contributed by atoms with van der Waals surface area (Å²) >= 11 is 0. The van der Waals surface area contributed by atoms with Crippen molar-refractivity contribution >= 4 is 5.97 Å². The van der Waals surface area contributed by atoms with Crippen molar-refractivity contribution in [2.75, 3.05) is 13.6 Å². The normalized spacial score (nSPS) is 24.6. The van der Waals surface area contributed by atoms with Crippen LogP contribution in [0.25, 0.3) is 0 Å². The van der Waals surface area contributed by atoms with Crippen molar-refractivity contribution in [2.45, 2.75) is 69.7 Å². The van der Waals surface area contributed by atoms with Crippen LogP contribution in [-0.2, 0) is 4.79 Å². The lowest BCUT2D eigenvalue weighted by Gasteiger charge is -2.45. The number of hydrogen-bond donors (Lipinski definition) is 1. The Kier molecular flexibility index (Phi) is 4.66. The lowest BCUT2D eigenvalue weighted by Crippen LogP contribution is -2.50. The molecule has 0 unspecified atom stereocenters. The summed E-state index contributed by atoms with van der Waals surface area (Å²) in [5.41, 5.74) is -0.0489. The Balaban J connectivity index is 1.99. The van der Waals surface area contributed by atoms with Gasteiger partial charge in [0.15, 0.2) is 0 Å². The van der Waals surface area contributed by atoms with E-state index in [1.165, 1.54) is 44.9 Å². The van der Waals surface area contributed by atoms with Crippen molar-refractivity contribution in [3.8, 4) is 0 Å². The third kappa shape index (κ3) is 3.25. The zero-order valence-corrected chi connectivity index (χ0v) is 11.7. The highest BCUT2D eigenvalue weighted by Gasteiger charge is 2.38. The molecule has 104 valence electrons. The first-order valence-electron chi connectivity index (χ1n) is 7.55. The third-order valence-corrected chi connectivity index (χ3v) is 5.08. The van der Waals surface area contributed by atoms with E-state index in [9.17, 15) is 9.90 Å². The highest BCUT2D eigenvalue weighted by atomic mass is 16.4. The molecule has 0 atom stereocenters. The molecule has 0 aromatic heterocycles. The third-order valence-electron chi connectivity index (χ3n) is 5.08. The summed E-state index contributed by atoms with van der Waals surface area (Å²) < 4.78 is 0. The van der Waals surface area contributed by atoms with Crippen LogP contribution >= 0.6 is 0 Å². The molecule has 0 aromatic carbocycles. The van der Waals surface area contributed by atoms with Gasteiger partial charge in [-0.1, -0.05) is 32.1 Å². The predicted octanol–water partition coefficient (Wildman–Crippen LogP) is 3.29. The lowest BCUT2D eigenvalue weighted by atomic mass is 9.77. The number of aliphatic carboxylic acids is 1. The molecule has 3 nitrogen and oxygen atoms in total. The molecular formula is C15H27NO2. The molecule has 0 heterocycles. The first-order chi connectivity index (χ1) is 8.62. The number of hydrogen-bond acceptors (Lipinski definition) is 2. The topological polar surface area (TPSA) is 40.5 Å². The smallest absolute Gasteiger partial charge is 0.305 e. The van der Waals surface area contributed by atoms with Crippen molar-refractivity contribution in [3.05, 3.63) is 0 Å². The molecule has 1 N–H and O–H groups in total. The summed E-state index contributed by atoms with van der Waals surface area (Å²) in [5, 5.41) is 9.21. The number of carboxylic acids is 1. The Morgan fingerprint density at radius 1 is 1.17 bits per heavy atom. The summed E-state index contributed by atoms with van der Waals surface area (Å²) in [7, 11) is 2.16. The predicted molar refractivity (Wildman–Crippen MR) is 72.7 cm³/mol. The Morgan fingerprint density at radius 3 is 2.33 bits per heavy atom. The molecule has 0 radical (unpaired) electrons. The maximum Gasteiger partial charge on any atom is 0.305 e. The van der Waals surface area contributed by atoms with E-state index < -0.39 is 5.97 Å². The van der Waals surface area contributed by atoms with Gasteiger partial charge in [-0.3, -0.25) is 9.69 Å². The fraction of sp³-hybridized carbons (Fsp3) is 0.933. The van der Waals surface area contributed by atoms with Crippen molar-refractivity contribution in [1.82, 2.24) is 4.90 Å². The molecule has 3 heteroatoms. The van der Waals surface area contributed by atoms with Gasteiger partial charge in [0, 0.05) is 12.1 Å². The highest BCUT2D eigenvalue weighted by Crippen LogP contribution is 2.37. The second kappa shape index (κ2) is 6.05. The summed E-state index contributed by atoms with van der Waals surface area (Å²) in [6, 6.07) is 0. The minimum Gasteiger partial charge on any atom is -0.481 e. The van der Waals surface area contributed by atoms with Crippen LogP contribution in [0.2, 0.25) is 0 Å². The number of carbonyl (C=O) groups is 1. The van der Waals surface area contributed by atoms with Crippen LogP contribution < -0.4 is 0 Å². The second-order valence-electron chi connectivity index (χ2n) is 6.39. The summed E-state index contributed by atoms with van der Waals surface area (Å²) in [4.78, 5) is 13.6. The molecule has 0 bridgehead atoms. The van der Waals surface area contributed by atoms with E-state index in [1.807, 2.05) is 0 Å². The van der Waals surface area contributed by atoms with E-state index in [0.717, 1.165) is 25.3 Å². The van der Waals surface area contributed by atoms with Gasteiger partial charge in [0.2, 0.25) is 0 Å². The van der Waals surface area contributed by atoms with Gasteiger partial charge in [0.25, 0.3) is 0 Å². The SMILES string of the molecule is CN(CC1CCCC1)C1(CC(=O)O)CCCCC1. The molecule has 0 amide bonds. The van der Waals surface area contributed by atoms with Crippen LogP contribution in [0, 0.1) is 5.92 Å². The van der Waals surface area contributed by atoms with Gasteiger partial charge in [0.1, 0.15) is 0 Å². The summed E-state index contributed by atoms with van der Waals surface area (Å²) in [6.07, 6.45) is 11.6. The molecule has 2 aliphatic rings. The quantitative estimate of drug-likeness (QED) is 0.817. The van der Waals surface area contributed by atoms with Gasteiger partial charge in [-0.05, 0) is 38.6 Å². The fourth-order valence-electron chi connectivity index (χ4n) is 3.96. The number of nitrogens with zero attached hydrogens (tertiary/aromatic N) is 1. The largest absolute Gasteiger partial charge is 0.481 e. The molecule has 0 aliphatic heterocycles. The van der Waals surface area contributed by atoms with Crippen LogP contribution in [0.3, 0.4) is 0 Å². The Bertz CT molecular complexity index is 278. The summed E-state index contributed by atoms with van der Waals surface area (Å²) in [6.45, 7) is 1.10. The Morgan fingerprint density at radius 2 is 1.78 bits per heavy atom. The molecule has 0 aromatic rings. The highest BCUT2D eigenvalue weighted by molar-refractivity contribution is 5.68. The molecule has 2 fully saturated rings. The molecule has 2 aliphatic carbocycles. The Labute approximate surface area is 111 Å². The van der Waals surface area contributed by atoms with E-state index in [-0.39, 0.29) is 5.54 Å². The molecule has 2 saturated carbocycles. The number of rotatable bonds is 5. The van der Waals surface area contributed by atoms with E-state index in [4.69, 9.17) is 0 Å². The van der Waals surface area contributed by atoms with Crippen LogP contribution in [-0.4, -0.2) is 35.1 Å². The molecule has 18 heavy (non-hydrogen) atoms. The summed E-state index contributed by atoms with van der Waals surface area (Å²) in [5.74, 6) is 0.178. The maximum atomic E-state index is 11.2. The zero-order valence-electron chi connectivity index (χ0n) is 11.7. The maximum absolute atomic E-state index is 11.2. The fourth-order valence-corrected chi connectivity index (χ4v) is 3.96. The minimum absolute atomic E-state index is 0.0489. The molecule has 2 rings (SSSR count). The lowest BCUT2D eigenvalue weighted by molar-refractivity contribution is -0.141. The second-order valence-corrected chi connectivity index (χ2v) is 6.39. The van der Waals surface area contributed by atoms with Crippen molar-refractivity contribution in [1.29, 1.82) is 0 Å². The van der Waals surface area contributed by atoms with Gasteiger partial charge in [-0.2, -0.15) is 0 Å². The van der Waals surface area contributed by atoms with E-state index >= 15 is 0 Å². The zero-order chi connectivity index (χ0) is 13.0. The first-order valence-corrected chi connectivity index (χ1v) is 7.55. The molecule has 0 spiro atoms. The first kappa shape index (κ1) is 13.9. The van der Waals surface area contributed by atoms with Gasteiger partial charge in [-0.25, -0.2) is 0 Å². The minimum atomic E-state index is -0.629. The number of carboxylic acid groups (broad SMARTS) is 1. The van der Waals surface area contributed by atoms with Gasteiger partial charge in [-0.15, -0.1) is 0 Å². The standard InChI is InChI=1S/C15H27NO2/c1-16(12-13-7-3-4-8-13)15(11-14(17)18)9-5-2-6-10-15/h13H,2-12H2,1H3,(H,17,18). The monoisotopic (exact) mass is 253 g/mol. The van der Waals surface area contributed by atoms with Crippen molar-refractivity contribution in [3.63, 3.8) is 0 Å². The molecular weight excluding hydrogens is 226 g/mol. The van der Waals surface area contributed by atoms with Crippen LogP contribution in [0.1, 0.15) is 64.2 Å². The Hall–Kier alpha value is -0.570. The van der Waals surface area contributed by atoms with Gasteiger partial charge in [0.05, 0.1) is 6.42 Å². The van der Waals surface area contributed by atoms with E-state index in [1.54, 1.807) is 0 Å². The van der Waals surface area contributed by atoms with Crippen molar-refractivity contribution in [2.24, 2.45) is 5.92 Å². The average Bonchev–Trinajstić information content (AvgIpc) is 2.82. The molecule has 0 saturated heterocycles. The van der Waals surface area contributed by atoms with Crippen LogP contribution in [0.5, 0.6) is 0 Å².